The van der Waals surface area contributed by atoms with Gasteiger partial charge in [0.15, 0.2) is 0 Å². The summed E-state index contributed by atoms with van der Waals surface area (Å²) in [6.45, 7) is 0.154. The molecule has 2 aromatic carbocycles. The van der Waals surface area contributed by atoms with E-state index in [0.717, 1.165) is 25.0 Å². The second-order valence-corrected chi connectivity index (χ2v) is 6.42. The van der Waals surface area contributed by atoms with Crippen LogP contribution in [0.15, 0.2) is 36.4 Å². The molecule has 0 bridgehead atoms. The number of carbonyl (C=O) groups is 1. The predicted octanol–water partition coefficient (Wildman–Crippen LogP) is 4.36. The summed E-state index contributed by atoms with van der Waals surface area (Å²) in [7, 11) is 0. The normalized spacial score (nSPS) is 14.0. The lowest BCUT2D eigenvalue weighted by Crippen LogP contribution is -2.35. The first-order valence-corrected chi connectivity index (χ1v) is 8.23. The van der Waals surface area contributed by atoms with Gasteiger partial charge in [-0.1, -0.05) is 17.7 Å². The van der Waals surface area contributed by atoms with Gasteiger partial charge in [0.05, 0.1) is 12.2 Å². The van der Waals surface area contributed by atoms with Gasteiger partial charge in [0.1, 0.15) is 17.5 Å². The summed E-state index contributed by atoms with van der Waals surface area (Å²) in [6.07, 6.45) is 1.81. The molecule has 1 fully saturated rings. The Labute approximate surface area is 148 Å². The lowest BCUT2D eigenvalue weighted by molar-refractivity contribution is -0.117. The van der Waals surface area contributed by atoms with Crippen molar-refractivity contribution >= 4 is 23.2 Å². The molecule has 0 heterocycles. The van der Waals surface area contributed by atoms with E-state index in [9.17, 15) is 18.0 Å². The van der Waals surface area contributed by atoms with Crippen molar-refractivity contribution < 1.29 is 18.0 Å². The number of rotatable bonds is 6. The number of carbonyl (C=O) groups excluding carboxylic acids is 1. The largest absolute Gasteiger partial charge is 0.322 e. The van der Waals surface area contributed by atoms with Gasteiger partial charge in [0.25, 0.3) is 0 Å². The summed E-state index contributed by atoms with van der Waals surface area (Å²) >= 11 is 6.05. The summed E-state index contributed by atoms with van der Waals surface area (Å²) < 4.78 is 40.5. The molecule has 0 radical (unpaired) electrons. The highest BCUT2D eigenvalue weighted by Gasteiger charge is 2.31. The molecule has 132 valence electrons. The van der Waals surface area contributed by atoms with E-state index in [4.69, 9.17) is 11.6 Å². The third-order valence-corrected chi connectivity index (χ3v) is 4.39. The Bertz CT molecular complexity index is 776. The minimum absolute atomic E-state index is 0.0356. The van der Waals surface area contributed by atoms with Gasteiger partial charge >= 0.3 is 0 Å². The summed E-state index contributed by atoms with van der Waals surface area (Å²) in [5.41, 5.74) is 0.239. The molecule has 0 atom stereocenters. The van der Waals surface area contributed by atoms with E-state index in [1.54, 1.807) is 11.0 Å². The molecule has 0 spiro atoms. The molecule has 25 heavy (non-hydrogen) atoms. The first-order chi connectivity index (χ1) is 11.9. The van der Waals surface area contributed by atoms with Crippen LogP contribution in [0.1, 0.15) is 18.4 Å². The Kier molecular flexibility index (Phi) is 5.30. The number of hydrogen-bond acceptors (Lipinski definition) is 2. The molecule has 1 amide bonds. The minimum Gasteiger partial charge on any atom is -0.322 e. The Morgan fingerprint density at radius 2 is 1.92 bits per heavy atom. The third kappa shape index (κ3) is 4.52. The fraction of sp³-hybridized carbons (Fsp3) is 0.278. The number of halogens is 4. The van der Waals surface area contributed by atoms with Gasteiger partial charge in [-0.05, 0) is 37.1 Å². The van der Waals surface area contributed by atoms with Crippen LogP contribution < -0.4 is 5.32 Å². The van der Waals surface area contributed by atoms with Crippen LogP contribution in [0, 0.1) is 17.5 Å². The number of benzene rings is 2. The van der Waals surface area contributed by atoms with Crippen molar-refractivity contribution in [3.05, 3.63) is 64.4 Å². The first-order valence-electron chi connectivity index (χ1n) is 7.86. The first kappa shape index (κ1) is 17.8. The maximum Gasteiger partial charge on any atom is 0.238 e. The van der Waals surface area contributed by atoms with E-state index in [-0.39, 0.29) is 24.8 Å². The van der Waals surface area contributed by atoms with E-state index in [1.807, 2.05) is 0 Å². The molecule has 3 rings (SSSR count). The molecule has 0 aromatic heterocycles. The Morgan fingerprint density at radius 3 is 2.56 bits per heavy atom. The molecule has 0 saturated heterocycles. The summed E-state index contributed by atoms with van der Waals surface area (Å²) in [5.74, 6) is -2.44. The lowest BCUT2D eigenvalue weighted by Gasteiger charge is -2.22. The Balaban J connectivity index is 1.68. The van der Waals surface area contributed by atoms with Gasteiger partial charge < -0.3 is 5.32 Å². The minimum atomic E-state index is -0.844. The molecule has 7 heteroatoms. The van der Waals surface area contributed by atoms with Crippen molar-refractivity contribution in [3.63, 3.8) is 0 Å². The van der Waals surface area contributed by atoms with Gasteiger partial charge in [0.2, 0.25) is 5.91 Å². The van der Waals surface area contributed by atoms with Crippen molar-refractivity contribution in [2.24, 2.45) is 0 Å². The third-order valence-electron chi connectivity index (χ3n) is 4.04. The van der Waals surface area contributed by atoms with Crippen molar-refractivity contribution in [2.75, 3.05) is 11.9 Å². The van der Waals surface area contributed by atoms with Gasteiger partial charge in [-0.3, -0.25) is 9.69 Å². The molecule has 3 nitrogen and oxygen atoms in total. The zero-order chi connectivity index (χ0) is 18.0. The smallest absolute Gasteiger partial charge is 0.238 e. The van der Waals surface area contributed by atoms with E-state index < -0.39 is 23.4 Å². The zero-order valence-electron chi connectivity index (χ0n) is 13.2. The van der Waals surface area contributed by atoms with Gasteiger partial charge in [0, 0.05) is 29.2 Å². The summed E-state index contributed by atoms with van der Waals surface area (Å²) in [4.78, 5) is 14.0. The van der Waals surface area contributed by atoms with E-state index >= 15 is 0 Å². The summed E-state index contributed by atoms with van der Waals surface area (Å²) in [6, 6.07) is 7.53. The van der Waals surface area contributed by atoms with Crippen molar-refractivity contribution in [1.82, 2.24) is 4.90 Å². The number of amides is 1. The SMILES string of the molecule is O=C(CN(Cc1c(F)cccc1Cl)C1CC1)Nc1ccc(F)cc1F. The number of nitrogens with zero attached hydrogens (tertiary/aromatic N) is 1. The highest BCUT2D eigenvalue weighted by Crippen LogP contribution is 2.30. The van der Waals surface area contributed by atoms with E-state index in [0.29, 0.717) is 16.7 Å². The highest BCUT2D eigenvalue weighted by molar-refractivity contribution is 6.31. The molecule has 1 aliphatic carbocycles. The van der Waals surface area contributed by atoms with Gasteiger partial charge in [-0.15, -0.1) is 0 Å². The Hall–Kier alpha value is -2.05. The van der Waals surface area contributed by atoms with Crippen LogP contribution in [0.4, 0.5) is 18.9 Å². The fourth-order valence-corrected chi connectivity index (χ4v) is 2.83. The average molecular weight is 369 g/mol. The summed E-state index contributed by atoms with van der Waals surface area (Å²) in [5, 5.41) is 2.72. The van der Waals surface area contributed by atoms with Crippen LogP contribution in [-0.4, -0.2) is 23.4 Å². The molecule has 1 saturated carbocycles. The van der Waals surface area contributed by atoms with Crippen molar-refractivity contribution in [1.29, 1.82) is 0 Å². The molecular formula is C18H16ClF3N2O. The quantitative estimate of drug-likeness (QED) is 0.821. The highest BCUT2D eigenvalue weighted by atomic mass is 35.5. The van der Waals surface area contributed by atoms with Crippen molar-refractivity contribution in [3.8, 4) is 0 Å². The Morgan fingerprint density at radius 1 is 1.16 bits per heavy atom. The van der Waals surface area contributed by atoms with Crippen LogP contribution in [0.2, 0.25) is 5.02 Å². The molecular weight excluding hydrogens is 353 g/mol. The fourth-order valence-electron chi connectivity index (χ4n) is 2.61. The van der Waals surface area contributed by atoms with Crippen LogP contribution in [-0.2, 0) is 11.3 Å². The number of hydrogen-bond donors (Lipinski definition) is 1. The van der Waals surface area contributed by atoms with Crippen LogP contribution in [0.3, 0.4) is 0 Å². The van der Waals surface area contributed by atoms with Gasteiger partial charge in [-0.25, -0.2) is 13.2 Å². The maximum absolute atomic E-state index is 14.0. The lowest BCUT2D eigenvalue weighted by atomic mass is 10.2. The molecule has 1 aliphatic rings. The molecule has 0 aliphatic heterocycles. The number of nitrogens with one attached hydrogen (secondary N) is 1. The second-order valence-electron chi connectivity index (χ2n) is 6.01. The monoisotopic (exact) mass is 368 g/mol. The zero-order valence-corrected chi connectivity index (χ0v) is 14.0. The predicted molar refractivity (Wildman–Crippen MR) is 89.8 cm³/mol. The topological polar surface area (TPSA) is 32.3 Å². The standard InChI is InChI=1S/C18H16ClF3N2O/c19-14-2-1-3-15(21)13(14)9-24(12-5-6-12)10-18(25)23-17-7-4-11(20)8-16(17)22/h1-4,7-8,12H,5-6,9-10H2,(H,23,25). The number of anilines is 1. The van der Waals surface area contributed by atoms with Crippen LogP contribution >= 0.6 is 11.6 Å². The van der Waals surface area contributed by atoms with Gasteiger partial charge in [-0.2, -0.15) is 0 Å². The second kappa shape index (κ2) is 7.45. The van der Waals surface area contributed by atoms with Crippen LogP contribution in [0.5, 0.6) is 0 Å². The van der Waals surface area contributed by atoms with Crippen molar-refractivity contribution in [2.45, 2.75) is 25.4 Å². The van der Waals surface area contributed by atoms with E-state index in [1.165, 1.54) is 12.1 Å². The molecule has 1 N–H and O–H groups in total. The maximum atomic E-state index is 14.0. The van der Waals surface area contributed by atoms with E-state index in [2.05, 4.69) is 5.32 Å². The molecule has 2 aromatic rings. The average Bonchev–Trinajstić information content (AvgIpc) is 3.37. The molecule has 0 unspecified atom stereocenters. The van der Waals surface area contributed by atoms with Crippen LogP contribution in [0.25, 0.3) is 0 Å².